The lowest BCUT2D eigenvalue weighted by atomic mass is 9.90. The first-order chi connectivity index (χ1) is 11.7. The lowest BCUT2D eigenvalue weighted by Gasteiger charge is -2.30. The van der Waals surface area contributed by atoms with E-state index in [-0.39, 0.29) is 16.6 Å². The molecule has 0 saturated carbocycles. The quantitative estimate of drug-likeness (QED) is 0.822. The van der Waals surface area contributed by atoms with E-state index in [2.05, 4.69) is 29.5 Å². The van der Waals surface area contributed by atoms with E-state index in [1.807, 2.05) is 6.92 Å². The lowest BCUT2D eigenvalue weighted by molar-refractivity contribution is 0.0892. The molecule has 3 N–H and O–H groups in total. The Kier molecular flexibility index (Phi) is 5.80. The largest absolute Gasteiger partial charge is 0.344 e. The summed E-state index contributed by atoms with van der Waals surface area (Å²) in [5.74, 6) is -0.480. The van der Waals surface area contributed by atoms with Crippen LogP contribution >= 0.6 is 11.6 Å². The van der Waals surface area contributed by atoms with E-state index < -0.39 is 11.4 Å². The van der Waals surface area contributed by atoms with Gasteiger partial charge in [0.15, 0.2) is 5.69 Å². The van der Waals surface area contributed by atoms with Gasteiger partial charge < -0.3 is 11.1 Å². The molecular formula is C17H23ClFN5O. The molecule has 6 nitrogen and oxygen atoms in total. The maximum absolute atomic E-state index is 13.3. The minimum Gasteiger partial charge on any atom is -0.344 e. The monoisotopic (exact) mass is 367 g/mol. The van der Waals surface area contributed by atoms with Gasteiger partial charge in [-0.15, -0.1) is 5.10 Å². The highest BCUT2D eigenvalue weighted by Crippen LogP contribution is 2.21. The zero-order valence-electron chi connectivity index (χ0n) is 14.8. The molecule has 0 spiro atoms. The van der Waals surface area contributed by atoms with Crippen LogP contribution in [0.3, 0.4) is 0 Å². The Balaban J connectivity index is 2.28. The molecule has 0 radical (unpaired) electrons. The van der Waals surface area contributed by atoms with Crippen LogP contribution in [0.5, 0.6) is 0 Å². The van der Waals surface area contributed by atoms with Gasteiger partial charge in [0.1, 0.15) is 5.82 Å². The van der Waals surface area contributed by atoms with Crippen molar-refractivity contribution in [2.24, 2.45) is 11.7 Å². The molecule has 2 aromatic rings. The summed E-state index contributed by atoms with van der Waals surface area (Å²) in [7, 11) is 0. The van der Waals surface area contributed by atoms with Gasteiger partial charge in [0.25, 0.3) is 5.91 Å². The number of carbonyl (C=O) groups is 1. The number of hydrogen-bond donors (Lipinski definition) is 2. The molecule has 1 aromatic carbocycles. The van der Waals surface area contributed by atoms with Crippen LogP contribution in [0.2, 0.25) is 5.02 Å². The van der Waals surface area contributed by atoms with Gasteiger partial charge in [-0.2, -0.15) is 0 Å². The van der Waals surface area contributed by atoms with Crippen molar-refractivity contribution in [2.45, 2.75) is 39.7 Å². The molecule has 0 aliphatic rings. The number of nitrogens with zero attached hydrogens (tertiary/aromatic N) is 3. The SMILES string of the molecule is Cc1c(C(=O)NC(C)(CN)CC(C)C)nnn1-c1ccc(F)c(Cl)c1. The Morgan fingerprint density at radius 2 is 2.16 bits per heavy atom. The topological polar surface area (TPSA) is 85.8 Å². The summed E-state index contributed by atoms with van der Waals surface area (Å²) >= 11 is 5.81. The number of amides is 1. The molecule has 1 aromatic heterocycles. The molecule has 0 aliphatic heterocycles. The number of nitrogens with two attached hydrogens (primary N) is 1. The Bertz CT molecular complexity index is 776. The highest BCUT2D eigenvalue weighted by molar-refractivity contribution is 6.30. The van der Waals surface area contributed by atoms with Crippen molar-refractivity contribution >= 4 is 17.5 Å². The molecule has 1 unspecified atom stereocenters. The number of carbonyl (C=O) groups excluding carboxylic acids is 1. The van der Waals surface area contributed by atoms with Crippen LogP contribution in [0.4, 0.5) is 4.39 Å². The third-order valence-electron chi connectivity index (χ3n) is 3.98. The summed E-state index contributed by atoms with van der Waals surface area (Å²) in [4.78, 5) is 12.6. The highest BCUT2D eigenvalue weighted by Gasteiger charge is 2.28. The first-order valence-corrected chi connectivity index (χ1v) is 8.45. The minimum atomic E-state index is -0.527. The van der Waals surface area contributed by atoms with Crippen molar-refractivity contribution in [3.63, 3.8) is 0 Å². The van der Waals surface area contributed by atoms with E-state index in [0.717, 1.165) is 6.42 Å². The van der Waals surface area contributed by atoms with Crippen molar-refractivity contribution in [1.29, 1.82) is 0 Å². The smallest absolute Gasteiger partial charge is 0.274 e. The summed E-state index contributed by atoms with van der Waals surface area (Å²) in [6.07, 6.45) is 0.746. The van der Waals surface area contributed by atoms with Gasteiger partial charge in [0.05, 0.1) is 21.9 Å². The molecule has 2 rings (SSSR count). The summed E-state index contributed by atoms with van der Waals surface area (Å²) in [6.45, 7) is 8.08. The van der Waals surface area contributed by atoms with Gasteiger partial charge in [0.2, 0.25) is 0 Å². The average Bonchev–Trinajstić information content (AvgIpc) is 2.91. The fourth-order valence-corrected chi connectivity index (χ4v) is 3.00. The summed E-state index contributed by atoms with van der Waals surface area (Å²) in [5, 5.41) is 10.9. The second kappa shape index (κ2) is 7.49. The van der Waals surface area contributed by atoms with E-state index in [9.17, 15) is 9.18 Å². The number of nitrogens with one attached hydrogen (secondary N) is 1. The maximum atomic E-state index is 13.3. The normalized spacial score (nSPS) is 13.8. The molecular weight excluding hydrogens is 345 g/mol. The van der Waals surface area contributed by atoms with E-state index in [1.165, 1.54) is 22.9 Å². The third-order valence-corrected chi connectivity index (χ3v) is 4.27. The first-order valence-electron chi connectivity index (χ1n) is 8.07. The maximum Gasteiger partial charge on any atom is 0.274 e. The molecule has 1 amide bonds. The second-order valence-electron chi connectivity index (χ2n) is 6.85. The van der Waals surface area contributed by atoms with Gasteiger partial charge >= 0.3 is 0 Å². The van der Waals surface area contributed by atoms with Gasteiger partial charge in [-0.05, 0) is 44.4 Å². The van der Waals surface area contributed by atoms with Crippen molar-refractivity contribution in [2.75, 3.05) is 6.54 Å². The summed E-state index contributed by atoms with van der Waals surface area (Å²) in [6, 6.07) is 4.20. The fourth-order valence-electron chi connectivity index (χ4n) is 2.82. The zero-order chi connectivity index (χ0) is 18.8. The average molecular weight is 368 g/mol. The molecule has 136 valence electrons. The molecule has 0 saturated heterocycles. The lowest BCUT2D eigenvalue weighted by Crippen LogP contribution is -2.52. The molecule has 0 bridgehead atoms. The molecule has 1 atom stereocenters. The fraction of sp³-hybridized carbons (Fsp3) is 0.471. The van der Waals surface area contributed by atoms with Gasteiger partial charge in [-0.1, -0.05) is 30.7 Å². The summed E-state index contributed by atoms with van der Waals surface area (Å²) in [5.41, 5.74) is 6.57. The molecule has 8 heteroatoms. The number of benzene rings is 1. The Morgan fingerprint density at radius 1 is 1.48 bits per heavy atom. The van der Waals surface area contributed by atoms with Crippen LogP contribution in [0, 0.1) is 18.7 Å². The van der Waals surface area contributed by atoms with Gasteiger partial charge in [-0.3, -0.25) is 4.79 Å². The van der Waals surface area contributed by atoms with Gasteiger partial charge in [0, 0.05) is 6.54 Å². The second-order valence-corrected chi connectivity index (χ2v) is 7.26. The molecule has 0 fully saturated rings. The van der Waals surface area contributed by atoms with Gasteiger partial charge in [-0.25, -0.2) is 9.07 Å². The van der Waals surface area contributed by atoms with Crippen LogP contribution in [-0.4, -0.2) is 33.0 Å². The number of aromatic nitrogens is 3. The van der Waals surface area contributed by atoms with Crippen LogP contribution in [0.15, 0.2) is 18.2 Å². The number of hydrogen-bond acceptors (Lipinski definition) is 4. The van der Waals surface area contributed by atoms with Crippen LogP contribution in [0.25, 0.3) is 5.69 Å². The van der Waals surface area contributed by atoms with E-state index >= 15 is 0 Å². The number of halogens is 2. The van der Waals surface area contributed by atoms with Crippen LogP contribution < -0.4 is 11.1 Å². The van der Waals surface area contributed by atoms with Crippen LogP contribution in [0.1, 0.15) is 43.4 Å². The standard InChI is InChI=1S/C17H23ClFN5O/c1-10(2)8-17(4,9-20)21-16(25)15-11(3)24(23-22-15)12-5-6-14(19)13(18)7-12/h5-7,10H,8-9,20H2,1-4H3,(H,21,25). The zero-order valence-corrected chi connectivity index (χ0v) is 15.6. The first kappa shape index (κ1) is 19.3. The predicted molar refractivity (Wildman–Crippen MR) is 95.4 cm³/mol. The number of rotatable bonds is 6. The Morgan fingerprint density at radius 3 is 2.72 bits per heavy atom. The Hall–Kier alpha value is -1.99. The van der Waals surface area contributed by atoms with Crippen molar-refractivity contribution in [3.8, 4) is 5.69 Å². The molecule has 0 aliphatic carbocycles. The minimum absolute atomic E-state index is 0.0222. The van der Waals surface area contributed by atoms with E-state index in [4.69, 9.17) is 17.3 Å². The van der Waals surface area contributed by atoms with E-state index in [1.54, 1.807) is 6.92 Å². The van der Waals surface area contributed by atoms with E-state index in [0.29, 0.717) is 23.8 Å². The van der Waals surface area contributed by atoms with Crippen molar-refractivity contribution < 1.29 is 9.18 Å². The predicted octanol–water partition coefficient (Wildman–Crippen LogP) is 2.86. The molecule has 25 heavy (non-hydrogen) atoms. The van der Waals surface area contributed by atoms with Crippen molar-refractivity contribution in [1.82, 2.24) is 20.3 Å². The molecule has 1 heterocycles. The van der Waals surface area contributed by atoms with Crippen molar-refractivity contribution in [3.05, 3.63) is 40.4 Å². The summed E-state index contributed by atoms with van der Waals surface area (Å²) < 4.78 is 14.8. The third kappa shape index (κ3) is 4.35. The Labute approximate surface area is 151 Å². The highest BCUT2D eigenvalue weighted by atomic mass is 35.5. The van der Waals surface area contributed by atoms with Crippen LogP contribution in [-0.2, 0) is 0 Å².